The number of rotatable bonds is 4. The first-order chi connectivity index (χ1) is 14.3. The lowest BCUT2D eigenvalue weighted by Gasteiger charge is -2.26. The Labute approximate surface area is 167 Å². The summed E-state index contributed by atoms with van der Waals surface area (Å²) in [5, 5.41) is 5.26. The number of aromatic amines is 1. The molecule has 146 valence electrons. The smallest absolute Gasteiger partial charge is 0.254 e. The molecule has 1 saturated heterocycles. The molecule has 1 amide bonds. The van der Waals surface area contributed by atoms with Crippen LogP contribution in [0.2, 0.25) is 0 Å². The Bertz CT molecular complexity index is 1160. The van der Waals surface area contributed by atoms with E-state index in [2.05, 4.69) is 21.2 Å². The number of para-hydroxylation sites is 1. The van der Waals surface area contributed by atoms with Crippen LogP contribution in [0.25, 0.3) is 22.3 Å². The Morgan fingerprint density at radius 1 is 1.10 bits per heavy atom. The van der Waals surface area contributed by atoms with Crippen LogP contribution in [0.5, 0.6) is 0 Å². The van der Waals surface area contributed by atoms with Crippen molar-refractivity contribution in [3.8, 4) is 11.4 Å². The molecule has 7 nitrogen and oxygen atoms in total. The molecule has 0 atom stereocenters. The number of carbonyl (C=O) groups is 1. The maximum atomic E-state index is 12.7. The van der Waals surface area contributed by atoms with Gasteiger partial charge in [-0.25, -0.2) is 0 Å². The normalized spacial score (nSPS) is 14.4. The molecular weight excluding hydrogens is 368 g/mol. The van der Waals surface area contributed by atoms with Crippen LogP contribution in [0.15, 0.2) is 59.3 Å². The highest BCUT2D eigenvalue weighted by Gasteiger charge is 2.19. The van der Waals surface area contributed by atoms with Crippen molar-refractivity contribution in [2.75, 3.05) is 26.3 Å². The number of nitrogens with zero attached hydrogens (tertiary/aromatic N) is 3. The van der Waals surface area contributed by atoms with Crippen molar-refractivity contribution in [3.05, 3.63) is 71.7 Å². The lowest BCUT2D eigenvalue weighted by atomic mass is 10.1. The number of ether oxygens (including phenoxy) is 1. The molecule has 1 fully saturated rings. The zero-order valence-corrected chi connectivity index (χ0v) is 15.8. The number of amides is 1. The van der Waals surface area contributed by atoms with E-state index in [1.165, 1.54) is 0 Å². The molecule has 0 radical (unpaired) electrons. The van der Waals surface area contributed by atoms with Gasteiger partial charge in [-0.1, -0.05) is 35.5 Å². The van der Waals surface area contributed by atoms with Gasteiger partial charge in [0.25, 0.3) is 5.91 Å². The van der Waals surface area contributed by atoms with Crippen molar-refractivity contribution in [2.45, 2.75) is 6.42 Å². The quantitative estimate of drug-likeness (QED) is 0.580. The fraction of sp³-hybridized carbons (Fsp3) is 0.227. The number of morpholine rings is 1. The molecule has 0 aliphatic carbocycles. The highest BCUT2D eigenvalue weighted by Crippen LogP contribution is 2.23. The summed E-state index contributed by atoms with van der Waals surface area (Å²) in [6, 6.07) is 15.5. The van der Waals surface area contributed by atoms with Crippen LogP contribution < -0.4 is 0 Å². The molecule has 7 heteroatoms. The van der Waals surface area contributed by atoms with Gasteiger partial charge in [0.2, 0.25) is 11.7 Å². The average Bonchev–Trinajstić information content (AvgIpc) is 3.42. The molecule has 4 aromatic rings. The van der Waals surface area contributed by atoms with Gasteiger partial charge >= 0.3 is 0 Å². The highest BCUT2D eigenvalue weighted by atomic mass is 16.5. The summed E-state index contributed by atoms with van der Waals surface area (Å²) in [5.74, 6) is 1.02. The predicted molar refractivity (Wildman–Crippen MR) is 108 cm³/mol. The van der Waals surface area contributed by atoms with Gasteiger partial charge in [-0.3, -0.25) is 4.79 Å². The van der Waals surface area contributed by atoms with E-state index in [0.29, 0.717) is 50.0 Å². The Morgan fingerprint density at radius 3 is 2.86 bits per heavy atom. The largest absolute Gasteiger partial charge is 0.378 e. The molecule has 0 spiro atoms. The second-order valence-corrected chi connectivity index (χ2v) is 7.03. The number of nitrogens with one attached hydrogen (secondary N) is 1. The lowest BCUT2D eigenvalue weighted by molar-refractivity contribution is 0.0303. The second-order valence-electron chi connectivity index (χ2n) is 7.03. The Balaban J connectivity index is 1.37. The van der Waals surface area contributed by atoms with E-state index < -0.39 is 0 Å². The number of hydrogen-bond acceptors (Lipinski definition) is 5. The van der Waals surface area contributed by atoms with Crippen LogP contribution >= 0.6 is 0 Å². The van der Waals surface area contributed by atoms with Gasteiger partial charge in [-0.15, -0.1) is 0 Å². The topological polar surface area (TPSA) is 84.2 Å². The summed E-state index contributed by atoms with van der Waals surface area (Å²) in [7, 11) is 0. The van der Waals surface area contributed by atoms with Crippen molar-refractivity contribution in [3.63, 3.8) is 0 Å². The molecular formula is C22H20N4O3. The van der Waals surface area contributed by atoms with E-state index in [0.717, 1.165) is 22.0 Å². The molecule has 0 bridgehead atoms. The van der Waals surface area contributed by atoms with Gasteiger partial charge in [-0.2, -0.15) is 4.98 Å². The summed E-state index contributed by atoms with van der Waals surface area (Å²) in [6.45, 7) is 2.38. The Kier molecular flexibility index (Phi) is 4.57. The minimum absolute atomic E-state index is 0.00217. The van der Waals surface area contributed by atoms with Gasteiger partial charge in [0.1, 0.15) is 0 Å². The van der Waals surface area contributed by atoms with E-state index in [4.69, 9.17) is 9.26 Å². The van der Waals surface area contributed by atoms with E-state index in [1.807, 2.05) is 48.7 Å². The zero-order chi connectivity index (χ0) is 19.6. The van der Waals surface area contributed by atoms with Crippen molar-refractivity contribution >= 4 is 16.8 Å². The van der Waals surface area contributed by atoms with E-state index in [9.17, 15) is 4.79 Å². The minimum atomic E-state index is -0.00217. The molecule has 0 saturated carbocycles. The van der Waals surface area contributed by atoms with Crippen molar-refractivity contribution in [1.29, 1.82) is 0 Å². The summed E-state index contributed by atoms with van der Waals surface area (Å²) in [5.41, 5.74) is 3.56. The van der Waals surface area contributed by atoms with Crippen LogP contribution in [0.3, 0.4) is 0 Å². The third-order valence-electron chi connectivity index (χ3n) is 5.15. The van der Waals surface area contributed by atoms with E-state index in [1.54, 1.807) is 4.90 Å². The van der Waals surface area contributed by atoms with Gasteiger partial charge in [0.15, 0.2) is 0 Å². The van der Waals surface area contributed by atoms with Gasteiger partial charge in [-0.05, 0) is 23.8 Å². The number of hydrogen-bond donors (Lipinski definition) is 1. The van der Waals surface area contributed by atoms with Crippen LogP contribution in [0, 0.1) is 0 Å². The number of benzene rings is 2. The first-order valence-corrected chi connectivity index (χ1v) is 9.63. The minimum Gasteiger partial charge on any atom is -0.378 e. The van der Waals surface area contributed by atoms with Crippen LogP contribution in [-0.2, 0) is 11.2 Å². The maximum Gasteiger partial charge on any atom is 0.254 e. The zero-order valence-electron chi connectivity index (χ0n) is 15.8. The summed E-state index contributed by atoms with van der Waals surface area (Å²) in [6.07, 6.45) is 2.51. The molecule has 1 N–H and O–H groups in total. The number of fused-ring (bicyclic) bond motifs is 1. The monoisotopic (exact) mass is 388 g/mol. The summed E-state index contributed by atoms with van der Waals surface area (Å²) in [4.78, 5) is 22.3. The first-order valence-electron chi connectivity index (χ1n) is 9.63. The third kappa shape index (κ3) is 3.52. The molecule has 1 aliphatic heterocycles. The van der Waals surface area contributed by atoms with Gasteiger partial charge < -0.3 is 19.1 Å². The molecule has 1 aliphatic rings. The number of carbonyl (C=O) groups excluding carboxylic acids is 1. The average molecular weight is 388 g/mol. The Morgan fingerprint density at radius 2 is 1.97 bits per heavy atom. The standard InChI is InChI=1S/C22H20N4O3/c27-22(26-8-10-28-11-9-26)16-5-3-4-15(12-16)21-24-20(29-25-21)13-17-14-23-19-7-2-1-6-18(17)19/h1-7,12,14,23H,8-11,13H2. The molecule has 3 heterocycles. The molecule has 29 heavy (non-hydrogen) atoms. The first kappa shape index (κ1) is 17.6. The molecule has 2 aromatic carbocycles. The van der Waals surface area contributed by atoms with Crippen molar-refractivity contribution < 1.29 is 14.1 Å². The van der Waals surface area contributed by atoms with Crippen LogP contribution in [-0.4, -0.2) is 52.2 Å². The molecule has 0 unspecified atom stereocenters. The van der Waals surface area contributed by atoms with E-state index in [-0.39, 0.29) is 5.91 Å². The van der Waals surface area contributed by atoms with Crippen LogP contribution in [0.4, 0.5) is 0 Å². The SMILES string of the molecule is O=C(c1cccc(-c2noc(Cc3c[nH]c4ccccc34)n2)c1)N1CCOCC1. The van der Waals surface area contributed by atoms with Gasteiger partial charge in [0, 0.05) is 41.3 Å². The number of aromatic nitrogens is 3. The number of H-pyrrole nitrogens is 1. The van der Waals surface area contributed by atoms with E-state index >= 15 is 0 Å². The van der Waals surface area contributed by atoms with Crippen molar-refractivity contribution in [1.82, 2.24) is 20.0 Å². The summed E-state index contributed by atoms with van der Waals surface area (Å²) < 4.78 is 10.8. The maximum absolute atomic E-state index is 12.7. The Hall–Kier alpha value is -3.45. The predicted octanol–water partition coefficient (Wildman–Crippen LogP) is 3.28. The fourth-order valence-electron chi connectivity index (χ4n) is 3.63. The van der Waals surface area contributed by atoms with Crippen LogP contribution in [0.1, 0.15) is 21.8 Å². The molecule has 5 rings (SSSR count). The fourth-order valence-corrected chi connectivity index (χ4v) is 3.63. The van der Waals surface area contributed by atoms with Gasteiger partial charge in [0.05, 0.1) is 19.6 Å². The van der Waals surface area contributed by atoms with Crippen molar-refractivity contribution in [2.24, 2.45) is 0 Å². The third-order valence-corrected chi connectivity index (χ3v) is 5.15. The molecule has 2 aromatic heterocycles. The lowest BCUT2D eigenvalue weighted by Crippen LogP contribution is -2.40. The second kappa shape index (κ2) is 7.52. The highest BCUT2D eigenvalue weighted by molar-refractivity contribution is 5.95. The summed E-state index contributed by atoms with van der Waals surface area (Å²) >= 11 is 0.